The van der Waals surface area contributed by atoms with Crippen molar-refractivity contribution in [1.82, 2.24) is 15.2 Å². The smallest absolute Gasteiger partial charge is 0.155 e. The summed E-state index contributed by atoms with van der Waals surface area (Å²) in [6, 6.07) is 9.81. The van der Waals surface area contributed by atoms with Gasteiger partial charge in [-0.3, -0.25) is 5.01 Å². The van der Waals surface area contributed by atoms with Gasteiger partial charge in [0.25, 0.3) is 0 Å². The number of ether oxygens (including phenoxy) is 1. The lowest BCUT2D eigenvalue weighted by Crippen LogP contribution is -2.09. The molecule has 120 valence electrons. The van der Waals surface area contributed by atoms with E-state index in [9.17, 15) is 0 Å². The van der Waals surface area contributed by atoms with Crippen LogP contribution in [-0.4, -0.2) is 21.9 Å². The van der Waals surface area contributed by atoms with Crippen LogP contribution in [0.1, 0.15) is 31.1 Å². The van der Waals surface area contributed by atoms with E-state index in [1.807, 2.05) is 38.3 Å². The minimum absolute atomic E-state index is 0.117. The fraction of sp³-hybridized carbons (Fsp3) is 0.235. The molecule has 23 heavy (non-hydrogen) atoms. The van der Waals surface area contributed by atoms with Gasteiger partial charge >= 0.3 is 0 Å². The van der Waals surface area contributed by atoms with Gasteiger partial charge in [-0.2, -0.15) is 10.2 Å². The van der Waals surface area contributed by atoms with E-state index in [0.29, 0.717) is 17.4 Å². The van der Waals surface area contributed by atoms with Gasteiger partial charge < -0.3 is 4.74 Å². The second-order valence-corrected chi connectivity index (χ2v) is 5.32. The molecule has 1 aromatic carbocycles. The van der Waals surface area contributed by atoms with Crippen molar-refractivity contribution >= 4 is 18.3 Å². The van der Waals surface area contributed by atoms with Crippen molar-refractivity contribution < 1.29 is 4.74 Å². The summed E-state index contributed by atoms with van der Waals surface area (Å²) in [6.45, 7) is 8.15. The first kappa shape index (κ1) is 17.0. The third-order valence-corrected chi connectivity index (χ3v) is 3.39. The number of aromatic nitrogens is 2. The number of rotatable bonds is 7. The normalized spacial score (nSPS) is 12.1. The van der Waals surface area contributed by atoms with Gasteiger partial charge in [-0.05, 0) is 25.0 Å². The Kier molecular flexibility index (Phi) is 6.11. The zero-order valence-corrected chi connectivity index (χ0v) is 13.9. The largest absolute Gasteiger partial charge is 0.484 e. The predicted octanol–water partition coefficient (Wildman–Crippen LogP) is 4.22. The summed E-state index contributed by atoms with van der Waals surface area (Å²) >= 11 is 5.81. The van der Waals surface area contributed by atoms with E-state index in [1.54, 1.807) is 17.3 Å². The summed E-state index contributed by atoms with van der Waals surface area (Å²) in [6.07, 6.45) is 5.23. The van der Waals surface area contributed by atoms with Gasteiger partial charge in [0.2, 0.25) is 0 Å². The van der Waals surface area contributed by atoms with Gasteiger partial charge in [0.15, 0.2) is 5.15 Å². The van der Waals surface area contributed by atoms with Crippen molar-refractivity contribution in [3.8, 4) is 5.75 Å². The number of hydrogen-bond donors (Lipinski definition) is 0. The zero-order valence-electron chi connectivity index (χ0n) is 13.2. The second-order valence-electron chi connectivity index (χ2n) is 4.94. The molecule has 1 aromatic heterocycles. The first-order valence-corrected chi connectivity index (χ1v) is 7.60. The summed E-state index contributed by atoms with van der Waals surface area (Å²) in [5.74, 6) is 0.594. The molecule has 0 aliphatic carbocycles. The van der Waals surface area contributed by atoms with Crippen LogP contribution in [0.4, 0.5) is 0 Å². The Morgan fingerprint density at radius 2 is 2.13 bits per heavy atom. The van der Waals surface area contributed by atoms with E-state index in [1.165, 1.54) is 0 Å². The lowest BCUT2D eigenvalue weighted by Gasteiger charge is -2.16. The summed E-state index contributed by atoms with van der Waals surface area (Å²) in [4.78, 5) is 0. The topological polar surface area (TPSA) is 50.6 Å². The number of allylic oxidation sites excluding steroid dienone is 1. The quantitative estimate of drug-likeness (QED) is 0.563. The molecule has 0 bridgehead atoms. The number of nitrogens with zero attached hydrogens (tertiary/aromatic N) is 4. The standard InChI is InChI=1S/C17H19ClN4O/c1-4-9-22(19-3)12-14-5-7-15(8-6-14)13(2)23-16-10-17(18)21-20-11-16/h4-11,13H,3,12H2,1-2H3/b9-4-. The Hall–Kier alpha value is -2.40. The maximum Gasteiger partial charge on any atom is 0.155 e. The van der Waals surface area contributed by atoms with Crippen molar-refractivity contribution in [2.45, 2.75) is 26.5 Å². The molecule has 0 spiro atoms. The van der Waals surface area contributed by atoms with Crippen LogP contribution in [0.25, 0.3) is 0 Å². The third kappa shape index (κ3) is 5.07. The van der Waals surface area contributed by atoms with E-state index >= 15 is 0 Å². The molecule has 5 nitrogen and oxygen atoms in total. The molecule has 0 saturated carbocycles. The Labute approximate surface area is 141 Å². The molecular formula is C17H19ClN4O. The molecule has 1 heterocycles. The highest BCUT2D eigenvalue weighted by molar-refractivity contribution is 6.29. The van der Waals surface area contributed by atoms with Crippen LogP contribution in [0.15, 0.2) is 53.9 Å². The van der Waals surface area contributed by atoms with Crippen LogP contribution in [0.5, 0.6) is 5.75 Å². The van der Waals surface area contributed by atoms with Crippen LogP contribution in [0.2, 0.25) is 5.15 Å². The maximum absolute atomic E-state index is 5.82. The Bertz CT molecular complexity index is 673. The lowest BCUT2D eigenvalue weighted by atomic mass is 10.1. The molecule has 1 unspecified atom stereocenters. The van der Waals surface area contributed by atoms with E-state index in [0.717, 1.165) is 11.1 Å². The van der Waals surface area contributed by atoms with Crippen LogP contribution in [0, 0.1) is 0 Å². The monoisotopic (exact) mass is 330 g/mol. The minimum atomic E-state index is -0.117. The molecule has 0 aliphatic heterocycles. The molecule has 1 atom stereocenters. The molecule has 0 fully saturated rings. The Balaban J connectivity index is 2.02. The SMILES string of the molecule is C=NN(/C=C\C)Cc1ccc(C(C)Oc2cnnc(Cl)c2)cc1. The Morgan fingerprint density at radius 3 is 2.74 bits per heavy atom. The first-order valence-electron chi connectivity index (χ1n) is 7.22. The van der Waals surface area contributed by atoms with Crippen molar-refractivity contribution in [3.63, 3.8) is 0 Å². The number of hydrazone groups is 1. The molecule has 0 amide bonds. The highest BCUT2D eigenvalue weighted by Crippen LogP contribution is 2.23. The van der Waals surface area contributed by atoms with Gasteiger partial charge in [-0.15, -0.1) is 5.10 Å². The second kappa shape index (κ2) is 8.29. The number of hydrogen-bond acceptors (Lipinski definition) is 5. The predicted molar refractivity (Wildman–Crippen MR) is 92.4 cm³/mol. The first-order chi connectivity index (χ1) is 11.1. The van der Waals surface area contributed by atoms with Crippen molar-refractivity contribution in [2.24, 2.45) is 5.10 Å². The van der Waals surface area contributed by atoms with Crippen LogP contribution >= 0.6 is 11.6 Å². The fourth-order valence-electron chi connectivity index (χ4n) is 2.06. The number of halogens is 1. The van der Waals surface area contributed by atoms with E-state index < -0.39 is 0 Å². The number of benzene rings is 1. The molecule has 6 heteroatoms. The molecule has 2 rings (SSSR count). The van der Waals surface area contributed by atoms with Crippen LogP contribution in [-0.2, 0) is 6.54 Å². The fourth-order valence-corrected chi connectivity index (χ4v) is 2.22. The average molecular weight is 331 g/mol. The average Bonchev–Trinajstić information content (AvgIpc) is 2.55. The van der Waals surface area contributed by atoms with E-state index in [4.69, 9.17) is 16.3 Å². The molecule has 2 aromatic rings. The van der Waals surface area contributed by atoms with Crippen LogP contribution < -0.4 is 4.74 Å². The van der Waals surface area contributed by atoms with Gasteiger partial charge in [0.1, 0.15) is 11.9 Å². The van der Waals surface area contributed by atoms with Crippen molar-refractivity contribution in [2.75, 3.05) is 0 Å². The molecular weight excluding hydrogens is 312 g/mol. The van der Waals surface area contributed by atoms with Gasteiger partial charge in [0, 0.05) is 19.0 Å². The molecule has 0 N–H and O–H groups in total. The molecule has 0 aliphatic rings. The summed E-state index contributed by atoms with van der Waals surface area (Å²) < 4.78 is 5.82. The van der Waals surface area contributed by atoms with E-state index in [2.05, 4.69) is 34.1 Å². The minimum Gasteiger partial charge on any atom is -0.484 e. The highest BCUT2D eigenvalue weighted by atomic mass is 35.5. The lowest BCUT2D eigenvalue weighted by molar-refractivity contribution is 0.225. The van der Waals surface area contributed by atoms with Gasteiger partial charge in [-0.1, -0.05) is 41.9 Å². The van der Waals surface area contributed by atoms with Gasteiger partial charge in [0.05, 0.1) is 12.7 Å². The summed E-state index contributed by atoms with van der Waals surface area (Å²) in [7, 11) is 0. The third-order valence-electron chi connectivity index (χ3n) is 3.21. The van der Waals surface area contributed by atoms with Gasteiger partial charge in [-0.25, -0.2) is 0 Å². The van der Waals surface area contributed by atoms with E-state index in [-0.39, 0.29) is 6.10 Å². The van der Waals surface area contributed by atoms with Crippen LogP contribution in [0.3, 0.4) is 0 Å². The van der Waals surface area contributed by atoms with Crippen molar-refractivity contribution in [3.05, 3.63) is 65.1 Å². The van der Waals surface area contributed by atoms with Crippen molar-refractivity contribution in [1.29, 1.82) is 0 Å². The Morgan fingerprint density at radius 1 is 1.39 bits per heavy atom. The summed E-state index contributed by atoms with van der Waals surface area (Å²) in [5, 5.41) is 13.5. The molecule has 0 saturated heterocycles. The molecule has 0 radical (unpaired) electrons. The highest BCUT2D eigenvalue weighted by Gasteiger charge is 2.09. The maximum atomic E-state index is 5.82. The zero-order chi connectivity index (χ0) is 16.7. The summed E-state index contributed by atoms with van der Waals surface area (Å²) in [5.41, 5.74) is 2.20.